The van der Waals surface area contributed by atoms with Crippen LogP contribution in [-0.2, 0) is 0 Å². The quantitative estimate of drug-likeness (QED) is 0.392. The third-order valence-electron chi connectivity index (χ3n) is 1.22. The van der Waals surface area contributed by atoms with Crippen molar-refractivity contribution >= 4 is 33.5 Å². The van der Waals surface area contributed by atoms with E-state index < -0.39 is 0 Å². The lowest BCUT2D eigenvalue weighted by atomic mass is 10.6. The number of hydrogen-bond acceptors (Lipinski definition) is 3. The predicted octanol–water partition coefficient (Wildman–Crippen LogP) is 1.24. The van der Waals surface area contributed by atoms with Gasteiger partial charge in [-0.3, -0.25) is 5.41 Å². The van der Waals surface area contributed by atoms with Crippen LogP contribution < -0.4 is 5.73 Å². The molecule has 11 heavy (non-hydrogen) atoms. The zero-order valence-electron chi connectivity index (χ0n) is 6.76. The molecule has 3 nitrogen and oxygen atoms in total. The molecule has 0 aliphatic rings. The van der Waals surface area contributed by atoms with E-state index in [0.29, 0.717) is 4.32 Å². The fourth-order valence-corrected chi connectivity index (χ4v) is 1.74. The van der Waals surface area contributed by atoms with Crippen molar-refractivity contribution in [2.24, 2.45) is 5.73 Å². The van der Waals surface area contributed by atoms with Crippen molar-refractivity contribution in [3.8, 4) is 0 Å². The Bertz CT molecular complexity index is 154. The predicted molar refractivity (Wildman–Crippen MR) is 55.0 cm³/mol. The van der Waals surface area contributed by atoms with Gasteiger partial charge in [0.25, 0.3) is 0 Å². The molecule has 0 heterocycles. The molecule has 0 unspecified atom stereocenters. The maximum absolute atomic E-state index is 6.99. The third-order valence-corrected chi connectivity index (χ3v) is 2.38. The van der Waals surface area contributed by atoms with Gasteiger partial charge in [0.2, 0.25) is 0 Å². The summed E-state index contributed by atoms with van der Waals surface area (Å²) in [5, 5.41) is 7.05. The van der Waals surface area contributed by atoms with Crippen LogP contribution in [0.2, 0.25) is 0 Å². The third kappa shape index (κ3) is 4.21. The van der Waals surface area contributed by atoms with Crippen LogP contribution in [0.3, 0.4) is 0 Å². The molecule has 64 valence electrons. The molecule has 0 aliphatic heterocycles. The van der Waals surface area contributed by atoms with Crippen LogP contribution in [0.15, 0.2) is 0 Å². The topological polar surface area (TPSA) is 53.1 Å². The molecule has 0 fully saturated rings. The minimum atomic E-state index is 0.0573. The number of rotatable bonds is 2. The highest BCUT2D eigenvalue weighted by Crippen LogP contribution is 2.07. The normalized spacial score (nSPS) is 9.27. The van der Waals surface area contributed by atoms with E-state index in [4.69, 9.17) is 23.4 Å². The Morgan fingerprint density at radius 3 is 2.27 bits per heavy atom. The van der Waals surface area contributed by atoms with Gasteiger partial charge in [-0.2, -0.15) is 0 Å². The first kappa shape index (κ1) is 10.7. The maximum atomic E-state index is 6.99. The van der Waals surface area contributed by atoms with E-state index in [-0.39, 0.29) is 5.17 Å². The van der Waals surface area contributed by atoms with Crippen LogP contribution in [0.4, 0.5) is 0 Å². The summed E-state index contributed by atoms with van der Waals surface area (Å²) in [7, 11) is 0. The molecule has 0 atom stereocenters. The highest BCUT2D eigenvalue weighted by molar-refractivity contribution is 8.32. The molecule has 0 radical (unpaired) electrons. The van der Waals surface area contributed by atoms with Gasteiger partial charge in [-0.15, -0.1) is 0 Å². The number of nitrogens with zero attached hydrogens (tertiary/aromatic N) is 1. The molecule has 0 saturated heterocycles. The molecule has 0 aromatic heterocycles. The second-order valence-electron chi connectivity index (χ2n) is 1.90. The average molecular weight is 191 g/mol. The lowest BCUT2D eigenvalue weighted by molar-refractivity contribution is 0.482. The average Bonchev–Trinajstić information content (AvgIpc) is 1.88. The van der Waals surface area contributed by atoms with Crippen LogP contribution >= 0.6 is 24.0 Å². The summed E-state index contributed by atoms with van der Waals surface area (Å²) >= 11 is 6.15. The van der Waals surface area contributed by atoms with Crippen molar-refractivity contribution in [3.05, 3.63) is 0 Å². The van der Waals surface area contributed by atoms with E-state index in [1.807, 2.05) is 18.7 Å². The van der Waals surface area contributed by atoms with Gasteiger partial charge in [-0.1, -0.05) is 12.2 Å². The molecular weight excluding hydrogens is 178 g/mol. The van der Waals surface area contributed by atoms with Crippen LogP contribution in [0.5, 0.6) is 0 Å². The van der Waals surface area contributed by atoms with Crippen LogP contribution in [-0.4, -0.2) is 27.5 Å². The van der Waals surface area contributed by atoms with E-state index >= 15 is 0 Å². The Kier molecular flexibility index (Phi) is 5.23. The number of amidine groups is 1. The van der Waals surface area contributed by atoms with Gasteiger partial charge in [0.1, 0.15) is 4.32 Å². The molecule has 5 heteroatoms. The van der Waals surface area contributed by atoms with Crippen molar-refractivity contribution < 1.29 is 0 Å². The first-order valence-corrected chi connectivity index (χ1v) is 4.65. The number of nitrogens with one attached hydrogen (secondary N) is 1. The summed E-state index contributed by atoms with van der Waals surface area (Å²) in [6, 6.07) is 0. The first-order chi connectivity index (χ1) is 5.11. The van der Waals surface area contributed by atoms with Crippen molar-refractivity contribution in [1.82, 2.24) is 4.90 Å². The van der Waals surface area contributed by atoms with Gasteiger partial charge >= 0.3 is 0 Å². The highest BCUT2D eigenvalue weighted by Gasteiger charge is 2.06. The van der Waals surface area contributed by atoms with E-state index in [2.05, 4.69) is 0 Å². The van der Waals surface area contributed by atoms with Gasteiger partial charge in [0, 0.05) is 13.1 Å². The first-order valence-electron chi connectivity index (χ1n) is 3.42. The van der Waals surface area contributed by atoms with E-state index in [1.165, 1.54) is 0 Å². The standard InChI is InChI=1S/C6H13N3S2/c1-3-9(4-2)6(10)11-5(7)8/h3-4H2,1-2H3,(H3,7,8). The molecule has 0 aromatic rings. The fraction of sp³-hybridized carbons (Fsp3) is 0.667. The summed E-state index contributed by atoms with van der Waals surface area (Å²) in [5.41, 5.74) is 5.17. The fourth-order valence-electron chi connectivity index (χ4n) is 0.640. The van der Waals surface area contributed by atoms with Gasteiger partial charge in [-0.05, 0) is 25.6 Å². The number of thioether (sulfide) groups is 1. The minimum absolute atomic E-state index is 0.0573. The van der Waals surface area contributed by atoms with Crippen molar-refractivity contribution in [3.63, 3.8) is 0 Å². The van der Waals surface area contributed by atoms with E-state index in [0.717, 1.165) is 24.9 Å². The summed E-state index contributed by atoms with van der Waals surface area (Å²) in [6.07, 6.45) is 0. The molecule has 0 bridgehead atoms. The van der Waals surface area contributed by atoms with Crippen LogP contribution in [0, 0.1) is 5.41 Å². The second-order valence-corrected chi connectivity index (χ2v) is 3.58. The van der Waals surface area contributed by atoms with Crippen molar-refractivity contribution in [2.75, 3.05) is 13.1 Å². The SMILES string of the molecule is CCN(CC)C(=S)SC(=N)N. The lowest BCUT2D eigenvalue weighted by Crippen LogP contribution is -2.28. The molecule has 0 aliphatic carbocycles. The molecule has 0 spiro atoms. The monoisotopic (exact) mass is 191 g/mol. The summed E-state index contributed by atoms with van der Waals surface area (Å²) in [6.45, 7) is 5.79. The molecule has 3 N–H and O–H groups in total. The van der Waals surface area contributed by atoms with Crippen LogP contribution in [0.25, 0.3) is 0 Å². The van der Waals surface area contributed by atoms with E-state index in [1.54, 1.807) is 0 Å². The molecule has 0 amide bonds. The Balaban J connectivity index is 3.89. The summed E-state index contributed by atoms with van der Waals surface area (Å²) in [4.78, 5) is 1.99. The Morgan fingerprint density at radius 2 is 2.00 bits per heavy atom. The number of thiocarbonyl (C=S) groups is 1. The largest absolute Gasteiger partial charge is 0.378 e. The minimum Gasteiger partial charge on any atom is -0.378 e. The Morgan fingerprint density at radius 1 is 1.55 bits per heavy atom. The zero-order valence-corrected chi connectivity index (χ0v) is 8.39. The number of hydrogen-bond donors (Lipinski definition) is 2. The molecule has 0 saturated carbocycles. The van der Waals surface area contributed by atoms with Crippen molar-refractivity contribution in [2.45, 2.75) is 13.8 Å². The molecule has 0 rings (SSSR count). The van der Waals surface area contributed by atoms with E-state index in [9.17, 15) is 0 Å². The number of nitrogens with two attached hydrogens (primary N) is 1. The molecular formula is C6H13N3S2. The highest BCUT2D eigenvalue weighted by atomic mass is 32.2. The maximum Gasteiger partial charge on any atom is 0.158 e. The lowest BCUT2D eigenvalue weighted by Gasteiger charge is -2.19. The Hall–Kier alpha value is -0.290. The molecule has 0 aromatic carbocycles. The van der Waals surface area contributed by atoms with Gasteiger partial charge in [0.05, 0.1) is 0 Å². The van der Waals surface area contributed by atoms with Gasteiger partial charge in [-0.25, -0.2) is 0 Å². The van der Waals surface area contributed by atoms with Crippen molar-refractivity contribution in [1.29, 1.82) is 5.41 Å². The summed E-state index contributed by atoms with van der Waals surface area (Å²) < 4.78 is 0.683. The van der Waals surface area contributed by atoms with Crippen LogP contribution in [0.1, 0.15) is 13.8 Å². The zero-order chi connectivity index (χ0) is 8.85. The second kappa shape index (κ2) is 5.37. The van der Waals surface area contributed by atoms with Gasteiger partial charge in [0.15, 0.2) is 5.17 Å². The Labute approximate surface area is 76.8 Å². The smallest absolute Gasteiger partial charge is 0.158 e. The van der Waals surface area contributed by atoms with Gasteiger partial charge < -0.3 is 10.6 Å². The summed E-state index contributed by atoms with van der Waals surface area (Å²) in [5.74, 6) is 0.